The van der Waals surface area contributed by atoms with Gasteiger partial charge in [-0.15, -0.1) is 0 Å². The maximum Gasteiger partial charge on any atom is 0.303 e. The van der Waals surface area contributed by atoms with E-state index in [2.05, 4.69) is 20.4 Å². The number of hydrogen-bond donors (Lipinski definition) is 0. The molecule has 0 aromatic rings. The first kappa shape index (κ1) is 23.0. The predicted molar refractivity (Wildman–Crippen MR) is 112 cm³/mol. The monoisotopic (exact) mass is 420 g/mol. The fourth-order valence-electron chi connectivity index (χ4n) is 6.33. The van der Waals surface area contributed by atoms with Crippen LogP contribution in [0.1, 0.15) is 73.6 Å². The number of fused-ring (bicyclic) bond motifs is 5. The summed E-state index contributed by atoms with van der Waals surface area (Å²) < 4.78 is 18.4. The molecule has 3 rings (SSSR count). The van der Waals surface area contributed by atoms with Gasteiger partial charge in [0.2, 0.25) is 0 Å². The molecule has 0 N–H and O–H groups in total. The van der Waals surface area contributed by atoms with Gasteiger partial charge in [-0.2, -0.15) is 0 Å². The maximum atomic E-state index is 12.7. The molecule has 1 aliphatic carbocycles. The SMILES string of the molecule is C=C1C[C@@H]2O[C@@H]([C@H]3[C@@H]2[C@](C)(OC(C)=O)CC[C@@H]3C(C)C)[C@](C)(OC(C)=O)CCC1=O. The average molecular weight is 421 g/mol. The molecule has 7 atom stereocenters. The number of esters is 2. The minimum absolute atomic E-state index is 0.0218. The van der Waals surface area contributed by atoms with E-state index in [0.717, 1.165) is 12.8 Å². The Labute approximate surface area is 179 Å². The lowest BCUT2D eigenvalue weighted by molar-refractivity contribution is -0.181. The Kier molecular flexibility index (Phi) is 6.21. The van der Waals surface area contributed by atoms with Crippen molar-refractivity contribution in [3.63, 3.8) is 0 Å². The molecule has 0 unspecified atom stereocenters. The van der Waals surface area contributed by atoms with Gasteiger partial charge in [0, 0.05) is 38.5 Å². The van der Waals surface area contributed by atoms with Crippen molar-refractivity contribution >= 4 is 17.7 Å². The first-order valence-electron chi connectivity index (χ1n) is 11.1. The first-order valence-corrected chi connectivity index (χ1v) is 11.1. The fourth-order valence-corrected chi connectivity index (χ4v) is 6.33. The highest BCUT2D eigenvalue weighted by molar-refractivity contribution is 5.94. The summed E-state index contributed by atoms with van der Waals surface area (Å²) in [6.07, 6.45) is 2.06. The number of ether oxygens (including phenoxy) is 3. The van der Waals surface area contributed by atoms with Crippen LogP contribution in [0, 0.1) is 23.7 Å². The van der Waals surface area contributed by atoms with Crippen molar-refractivity contribution < 1.29 is 28.6 Å². The third-order valence-corrected chi connectivity index (χ3v) is 7.56. The number of Topliss-reactive ketones (excluding diaryl/α,β-unsaturated/α-hetero) is 1. The summed E-state index contributed by atoms with van der Waals surface area (Å²) >= 11 is 0. The summed E-state index contributed by atoms with van der Waals surface area (Å²) in [5, 5.41) is 0. The second-order valence-corrected chi connectivity index (χ2v) is 10.2. The van der Waals surface area contributed by atoms with Crippen LogP contribution in [0.25, 0.3) is 0 Å². The highest BCUT2D eigenvalue weighted by Gasteiger charge is 2.64. The lowest BCUT2D eigenvalue weighted by atomic mass is 9.57. The zero-order valence-corrected chi connectivity index (χ0v) is 19.2. The number of carbonyl (C=O) groups is 3. The van der Waals surface area contributed by atoms with Crippen molar-refractivity contribution in [3.05, 3.63) is 12.2 Å². The Balaban J connectivity index is 2.13. The molecule has 0 spiro atoms. The molecule has 6 nitrogen and oxygen atoms in total. The molecule has 0 aromatic carbocycles. The summed E-state index contributed by atoms with van der Waals surface area (Å²) in [5.74, 6) is -0.0158. The lowest BCUT2D eigenvalue weighted by Crippen LogP contribution is -2.56. The quantitative estimate of drug-likeness (QED) is 0.507. The lowest BCUT2D eigenvalue weighted by Gasteiger charge is -2.50. The molecule has 3 aliphatic rings. The third kappa shape index (κ3) is 4.08. The summed E-state index contributed by atoms with van der Waals surface area (Å²) in [6, 6.07) is 0. The van der Waals surface area contributed by atoms with Crippen LogP contribution < -0.4 is 0 Å². The second-order valence-electron chi connectivity index (χ2n) is 10.2. The predicted octanol–water partition coefficient (Wildman–Crippen LogP) is 4.01. The van der Waals surface area contributed by atoms with E-state index >= 15 is 0 Å². The van der Waals surface area contributed by atoms with E-state index in [-0.39, 0.29) is 48.2 Å². The zero-order chi connectivity index (χ0) is 22.4. The fraction of sp³-hybridized carbons (Fsp3) is 0.792. The minimum Gasteiger partial charge on any atom is -0.459 e. The van der Waals surface area contributed by atoms with Crippen molar-refractivity contribution in [2.75, 3.05) is 0 Å². The number of rotatable bonds is 3. The topological polar surface area (TPSA) is 78.9 Å². The molecule has 2 bridgehead atoms. The standard InChI is InChI=1S/C24H36O6/c1-13(2)17-8-10-23(6,29-15(4)25)21-19-12-14(3)18(27)9-11-24(7,30-16(5)26)22(28-19)20(17)21/h13,17,19-22H,3,8-12H2,1-2,4-7H3/t17-,19+,20-,21-,22+,23-,24-/m1/s1. The summed E-state index contributed by atoms with van der Waals surface area (Å²) in [6.45, 7) is 15.1. The van der Waals surface area contributed by atoms with Gasteiger partial charge in [-0.25, -0.2) is 0 Å². The first-order chi connectivity index (χ1) is 13.9. The molecule has 0 radical (unpaired) electrons. The van der Waals surface area contributed by atoms with Gasteiger partial charge >= 0.3 is 11.9 Å². The van der Waals surface area contributed by atoms with Gasteiger partial charge in [-0.1, -0.05) is 20.4 Å². The average Bonchev–Trinajstić information content (AvgIpc) is 3.00. The Morgan fingerprint density at radius 2 is 1.70 bits per heavy atom. The van der Waals surface area contributed by atoms with Crippen LogP contribution in [0.5, 0.6) is 0 Å². The van der Waals surface area contributed by atoms with Crippen molar-refractivity contribution in [1.82, 2.24) is 0 Å². The summed E-state index contributed by atoms with van der Waals surface area (Å²) in [4.78, 5) is 36.7. The third-order valence-electron chi connectivity index (χ3n) is 7.56. The molecule has 6 heteroatoms. The summed E-state index contributed by atoms with van der Waals surface area (Å²) in [7, 11) is 0. The van der Waals surface area contributed by atoms with Crippen molar-refractivity contribution in [3.8, 4) is 0 Å². The molecular formula is C24H36O6. The van der Waals surface area contributed by atoms with Crippen LogP contribution in [0.4, 0.5) is 0 Å². The molecule has 3 fully saturated rings. The number of hydrogen-bond acceptors (Lipinski definition) is 6. The van der Waals surface area contributed by atoms with Crippen LogP contribution in [0.15, 0.2) is 12.2 Å². The highest BCUT2D eigenvalue weighted by atomic mass is 16.6. The van der Waals surface area contributed by atoms with Gasteiger partial charge < -0.3 is 14.2 Å². The van der Waals surface area contributed by atoms with Gasteiger partial charge in [-0.05, 0) is 50.5 Å². The van der Waals surface area contributed by atoms with Crippen molar-refractivity contribution in [2.45, 2.75) is 97.1 Å². The number of carbonyl (C=O) groups excluding carboxylic acids is 3. The molecule has 2 saturated heterocycles. The van der Waals surface area contributed by atoms with Gasteiger partial charge in [0.1, 0.15) is 17.3 Å². The number of ketones is 1. The van der Waals surface area contributed by atoms with Crippen LogP contribution in [0.3, 0.4) is 0 Å². The minimum atomic E-state index is -0.925. The van der Waals surface area contributed by atoms with E-state index < -0.39 is 11.2 Å². The smallest absolute Gasteiger partial charge is 0.303 e. The van der Waals surface area contributed by atoms with Crippen LogP contribution in [0.2, 0.25) is 0 Å². The Hall–Kier alpha value is -1.69. The van der Waals surface area contributed by atoms with Crippen molar-refractivity contribution in [2.24, 2.45) is 23.7 Å². The van der Waals surface area contributed by atoms with Gasteiger partial charge in [0.05, 0.1) is 6.10 Å². The van der Waals surface area contributed by atoms with E-state index in [1.54, 1.807) is 0 Å². The van der Waals surface area contributed by atoms with Gasteiger partial charge in [0.25, 0.3) is 0 Å². The van der Waals surface area contributed by atoms with Gasteiger partial charge in [-0.3, -0.25) is 14.4 Å². The van der Waals surface area contributed by atoms with Crippen LogP contribution >= 0.6 is 0 Å². The summed E-state index contributed by atoms with van der Waals surface area (Å²) in [5.41, 5.74) is -1.09. The Bertz CT molecular complexity index is 742. The molecule has 168 valence electrons. The van der Waals surface area contributed by atoms with E-state index in [0.29, 0.717) is 30.3 Å². The van der Waals surface area contributed by atoms with Crippen molar-refractivity contribution in [1.29, 1.82) is 0 Å². The molecule has 2 aliphatic heterocycles. The van der Waals surface area contributed by atoms with E-state index in [1.165, 1.54) is 13.8 Å². The van der Waals surface area contributed by atoms with E-state index in [9.17, 15) is 14.4 Å². The molecular weight excluding hydrogens is 384 g/mol. The molecule has 0 amide bonds. The highest BCUT2D eigenvalue weighted by Crippen LogP contribution is 2.58. The second kappa shape index (κ2) is 8.10. The maximum absolute atomic E-state index is 12.7. The largest absolute Gasteiger partial charge is 0.459 e. The van der Waals surface area contributed by atoms with E-state index in [4.69, 9.17) is 14.2 Å². The molecule has 2 heterocycles. The molecule has 0 aromatic heterocycles. The Morgan fingerprint density at radius 3 is 2.27 bits per heavy atom. The zero-order valence-electron chi connectivity index (χ0n) is 19.2. The van der Waals surface area contributed by atoms with E-state index in [1.807, 2.05) is 13.8 Å². The Morgan fingerprint density at radius 1 is 1.10 bits per heavy atom. The normalized spacial score (nSPS) is 41.5. The van der Waals surface area contributed by atoms with Gasteiger partial charge in [0.15, 0.2) is 5.78 Å². The van der Waals surface area contributed by atoms with Crippen LogP contribution in [-0.4, -0.2) is 41.1 Å². The molecule has 30 heavy (non-hydrogen) atoms. The van der Waals surface area contributed by atoms with Crippen LogP contribution in [-0.2, 0) is 28.6 Å². The molecule has 1 saturated carbocycles.